The largest absolute Gasteiger partial charge is 0.416 e. The summed E-state index contributed by atoms with van der Waals surface area (Å²) in [4.78, 5) is 4.12. The number of halogens is 3. The number of aliphatic imine (C=N–C) groups is 1. The molecule has 16 heavy (non-hydrogen) atoms. The second-order valence-corrected chi connectivity index (χ2v) is 3.95. The third-order valence-electron chi connectivity index (χ3n) is 2.78. The van der Waals surface area contributed by atoms with Crippen molar-refractivity contribution in [3.8, 4) is 0 Å². The molecule has 0 aliphatic carbocycles. The van der Waals surface area contributed by atoms with Crippen molar-refractivity contribution in [2.24, 2.45) is 4.99 Å². The number of hydrogen-bond donors (Lipinski definition) is 0. The van der Waals surface area contributed by atoms with E-state index in [1.807, 2.05) is 6.21 Å². The highest BCUT2D eigenvalue weighted by Crippen LogP contribution is 2.32. The monoisotopic (exact) mass is 227 g/mol. The molecule has 1 heterocycles. The molecule has 0 spiro atoms. The maximum Gasteiger partial charge on any atom is 0.416 e. The summed E-state index contributed by atoms with van der Waals surface area (Å²) in [5.74, 6) is 0.132. The zero-order valence-corrected chi connectivity index (χ0v) is 8.67. The molecular weight excluding hydrogens is 215 g/mol. The van der Waals surface area contributed by atoms with E-state index >= 15 is 0 Å². The lowest BCUT2D eigenvalue weighted by Crippen LogP contribution is -2.10. The first kappa shape index (κ1) is 11.2. The van der Waals surface area contributed by atoms with Crippen LogP contribution in [0, 0.1) is 0 Å². The lowest BCUT2D eigenvalue weighted by atomic mass is 9.92. The molecule has 0 radical (unpaired) electrons. The van der Waals surface area contributed by atoms with Crippen LogP contribution in [0.2, 0.25) is 0 Å². The van der Waals surface area contributed by atoms with Crippen LogP contribution in [0.15, 0.2) is 29.3 Å². The van der Waals surface area contributed by atoms with Crippen LogP contribution in [0.25, 0.3) is 0 Å². The summed E-state index contributed by atoms with van der Waals surface area (Å²) < 4.78 is 37.5. The van der Waals surface area contributed by atoms with Crippen molar-refractivity contribution < 1.29 is 13.2 Å². The number of rotatable bonds is 1. The summed E-state index contributed by atoms with van der Waals surface area (Å²) in [5, 5.41) is 0. The fraction of sp³-hybridized carbons (Fsp3) is 0.417. The summed E-state index contributed by atoms with van der Waals surface area (Å²) in [7, 11) is 0. The molecule has 1 aromatic rings. The molecule has 0 aromatic heterocycles. The van der Waals surface area contributed by atoms with Crippen molar-refractivity contribution in [3.05, 3.63) is 35.4 Å². The van der Waals surface area contributed by atoms with E-state index in [0.29, 0.717) is 6.54 Å². The molecule has 1 nitrogen and oxygen atoms in total. The van der Waals surface area contributed by atoms with Crippen LogP contribution >= 0.6 is 0 Å². The van der Waals surface area contributed by atoms with Crippen molar-refractivity contribution in [3.63, 3.8) is 0 Å². The highest BCUT2D eigenvalue weighted by atomic mass is 19.4. The first-order valence-corrected chi connectivity index (χ1v) is 5.23. The molecule has 1 aliphatic heterocycles. The number of hydrogen-bond acceptors (Lipinski definition) is 1. The SMILES string of the molecule is FC(F)(F)c1cccc(C2CCC=NC2)c1. The first-order valence-electron chi connectivity index (χ1n) is 5.23. The van der Waals surface area contributed by atoms with Gasteiger partial charge in [0.2, 0.25) is 0 Å². The predicted molar refractivity (Wildman–Crippen MR) is 56.8 cm³/mol. The Morgan fingerprint density at radius 2 is 2.06 bits per heavy atom. The van der Waals surface area contributed by atoms with E-state index in [2.05, 4.69) is 4.99 Å². The van der Waals surface area contributed by atoms with Gasteiger partial charge in [-0.2, -0.15) is 13.2 Å². The van der Waals surface area contributed by atoms with Crippen LogP contribution in [0.4, 0.5) is 13.2 Å². The molecular formula is C12H12F3N. The van der Waals surface area contributed by atoms with Gasteiger partial charge in [0.05, 0.1) is 5.56 Å². The highest BCUT2D eigenvalue weighted by Gasteiger charge is 2.30. The minimum absolute atomic E-state index is 0.132. The summed E-state index contributed by atoms with van der Waals surface area (Å²) >= 11 is 0. The van der Waals surface area contributed by atoms with Gasteiger partial charge in [0.15, 0.2) is 0 Å². The van der Waals surface area contributed by atoms with Crippen LogP contribution in [0.3, 0.4) is 0 Å². The standard InChI is InChI=1S/C12H12F3N/c13-12(14,15)11-5-1-3-9(7-11)10-4-2-6-16-8-10/h1,3,5-7,10H,2,4,8H2. The van der Waals surface area contributed by atoms with E-state index in [1.54, 1.807) is 6.07 Å². The Labute approximate surface area is 92.0 Å². The van der Waals surface area contributed by atoms with Gasteiger partial charge < -0.3 is 0 Å². The topological polar surface area (TPSA) is 12.4 Å². The van der Waals surface area contributed by atoms with Gasteiger partial charge in [0, 0.05) is 12.5 Å². The molecule has 1 unspecified atom stereocenters. The third kappa shape index (κ3) is 2.43. The zero-order chi connectivity index (χ0) is 11.6. The molecule has 1 atom stereocenters. The average molecular weight is 227 g/mol. The van der Waals surface area contributed by atoms with Gasteiger partial charge >= 0.3 is 6.18 Å². The van der Waals surface area contributed by atoms with Crippen LogP contribution in [-0.4, -0.2) is 12.8 Å². The predicted octanol–water partition coefficient (Wildman–Crippen LogP) is 3.65. The smallest absolute Gasteiger partial charge is 0.297 e. The lowest BCUT2D eigenvalue weighted by molar-refractivity contribution is -0.137. The van der Waals surface area contributed by atoms with E-state index in [4.69, 9.17) is 0 Å². The second-order valence-electron chi connectivity index (χ2n) is 3.95. The van der Waals surface area contributed by atoms with Gasteiger partial charge in [-0.3, -0.25) is 4.99 Å². The van der Waals surface area contributed by atoms with Gasteiger partial charge in [-0.05, 0) is 30.7 Å². The Morgan fingerprint density at radius 3 is 2.69 bits per heavy atom. The molecule has 1 aliphatic rings. The molecule has 0 N–H and O–H groups in total. The van der Waals surface area contributed by atoms with Crippen molar-refractivity contribution >= 4 is 6.21 Å². The van der Waals surface area contributed by atoms with Crippen molar-refractivity contribution in [2.45, 2.75) is 24.9 Å². The summed E-state index contributed by atoms with van der Waals surface area (Å²) in [6.45, 7) is 0.599. The minimum atomic E-state index is -4.26. The molecule has 0 bridgehead atoms. The van der Waals surface area contributed by atoms with Gasteiger partial charge in [-0.15, -0.1) is 0 Å². The molecule has 1 aromatic carbocycles. The third-order valence-corrected chi connectivity index (χ3v) is 2.78. The summed E-state index contributed by atoms with van der Waals surface area (Å²) in [6, 6.07) is 5.57. The van der Waals surface area contributed by atoms with Gasteiger partial charge in [0.1, 0.15) is 0 Å². The molecule has 2 rings (SSSR count). The van der Waals surface area contributed by atoms with Gasteiger partial charge in [-0.25, -0.2) is 0 Å². The summed E-state index contributed by atoms with van der Waals surface area (Å²) in [6.07, 6.45) is -0.691. The van der Waals surface area contributed by atoms with Crippen molar-refractivity contribution in [1.29, 1.82) is 0 Å². The molecule has 0 amide bonds. The zero-order valence-electron chi connectivity index (χ0n) is 8.67. The Balaban J connectivity index is 2.25. The highest BCUT2D eigenvalue weighted by molar-refractivity contribution is 5.58. The number of nitrogens with zero attached hydrogens (tertiary/aromatic N) is 1. The molecule has 86 valence electrons. The maximum atomic E-state index is 12.5. The van der Waals surface area contributed by atoms with Crippen LogP contribution in [-0.2, 0) is 6.18 Å². The van der Waals surface area contributed by atoms with E-state index in [9.17, 15) is 13.2 Å². The van der Waals surface area contributed by atoms with Crippen molar-refractivity contribution in [1.82, 2.24) is 0 Å². The molecule has 0 fully saturated rings. The second kappa shape index (κ2) is 4.28. The number of benzene rings is 1. The normalized spacial score (nSPS) is 21.1. The first-order chi connectivity index (χ1) is 7.57. The Bertz CT molecular complexity index is 395. The Kier molecular flexibility index (Phi) is 2.99. The Hall–Kier alpha value is -1.32. The molecule has 4 heteroatoms. The van der Waals surface area contributed by atoms with E-state index in [0.717, 1.165) is 24.5 Å². The summed E-state index contributed by atoms with van der Waals surface area (Å²) in [5.41, 5.74) is 0.172. The number of alkyl halides is 3. The quantitative estimate of drug-likeness (QED) is 0.694. The molecule has 0 saturated heterocycles. The fourth-order valence-corrected chi connectivity index (χ4v) is 1.90. The average Bonchev–Trinajstić information content (AvgIpc) is 2.29. The van der Waals surface area contributed by atoms with E-state index < -0.39 is 11.7 Å². The van der Waals surface area contributed by atoms with Crippen molar-refractivity contribution in [2.75, 3.05) is 6.54 Å². The van der Waals surface area contributed by atoms with E-state index in [-0.39, 0.29) is 5.92 Å². The fourth-order valence-electron chi connectivity index (χ4n) is 1.90. The van der Waals surface area contributed by atoms with Gasteiger partial charge in [-0.1, -0.05) is 18.2 Å². The minimum Gasteiger partial charge on any atom is -0.297 e. The van der Waals surface area contributed by atoms with Crippen LogP contribution in [0.5, 0.6) is 0 Å². The lowest BCUT2D eigenvalue weighted by Gasteiger charge is -2.18. The van der Waals surface area contributed by atoms with E-state index in [1.165, 1.54) is 12.1 Å². The van der Waals surface area contributed by atoms with Crippen LogP contribution in [0.1, 0.15) is 29.9 Å². The maximum absolute atomic E-state index is 12.5. The molecule has 0 saturated carbocycles. The van der Waals surface area contributed by atoms with Crippen LogP contribution < -0.4 is 0 Å². The van der Waals surface area contributed by atoms with Gasteiger partial charge in [0.25, 0.3) is 0 Å². The Morgan fingerprint density at radius 1 is 1.25 bits per heavy atom.